The van der Waals surface area contributed by atoms with Crippen LogP contribution in [0.5, 0.6) is 5.75 Å². The van der Waals surface area contributed by atoms with E-state index < -0.39 is 14.9 Å². The first-order valence-corrected chi connectivity index (χ1v) is 10.7. The molecule has 8 heteroatoms. The van der Waals surface area contributed by atoms with Gasteiger partial charge in [0.15, 0.2) is 0 Å². The van der Waals surface area contributed by atoms with Gasteiger partial charge in [0, 0.05) is 25.2 Å². The van der Waals surface area contributed by atoms with E-state index in [0.717, 1.165) is 31.4 Å². The predicted molar refractivity (Wildman–Crippen MR) is 106 cm³/mol. The van der Waals surface area contributed by atoms with E-state index in [2.05, 4.69) is 12.1 Å². The first-order valence-electron chi connectivity index (χ1n) is 9.27. The number of benzene rings is 2. The van der Waals surface area contributed by atoms with Gasteiger partial charge < -0.3 is 4.74 Å². The second-order valence-corrected chi connectivity index (χ2v) is 8.92. The fourth-order valence-electron chi connectivity index (χ4n) is 3.49. The maximum Gasteiger partial charge on any atom is 0.269 e. The highest BCUT2D eigenvalue weighted by Crippen LogP contribution is 2.27. The Bertz CT molecular complexity index is 903. The summed E-state index contributed by atoms with van der Waals surface area (Å²) >= 11 is 0. The molecule has 150 valence electrons. The van der Waals surface area contributed by atoms with Crippen LogP contribution in [0.4, 0.5) is 5.69 Å². The number of hydrogen-bond acceptors (Lipinski definition) is 5. The molecule has 0 atom stereocenters. The van der Waals surface area contributed by atoms with Crippen molar-refractivity contribution < 1.29 is 18.1 Å². The first kappa shape index (κ1) is 20.3. The molecule has 1 saturated heterocycles. The van der Waals surface area contributed by atoms with Gasteiger partial charge in [0.1, 0.15) is 5.75 Å². The van der Waals surface area contributed by atoms with Crippen LogP contribution in [0.25, 0.3) is 0 Å². The zero-order valence-electron chi connectivity index (χ0n) is 15.8. The number of non-ortho nitro benzene ring substituents is 1. The third-order valence-corrected chi connectivity index (χ3v) is 7.17. The smallest absolute Gasteiger partial charge is 0.269 e. The summed E-state index contributed by atoms with van der Waals surface area (Å²) in [7, 11) is -1.96. The predicted octanol–water partition coefficient (Wildman–Crippen LogP) is 3.64. The number of ether oxygens (including phenoxy) is 1. The van der Waals surface area contributed by atoms with E-state index in [1.165, 1.54) is 34.1 Å². The Hall–Kier alpha value is -2.45. The van der Waals surface area contributed by atoms with Crippen LogP contribution in [0, 0.1) is 16.0 Å². The summed E-state index contributed by atoms with van der Waals surface area (Å²) in [6.45, 7) is 0.958. The molecule has 1 fully saturated rings. The topological polar surface area (TPSA) is 89.8 Å². The SMILES string of the molecule is COc1ccc(CCC2CCN(S(=O)(=O)c3ccc([N+](=O)[O-])cc3)CC2)cc1. The largest absolute Gasteiger partial charge is 0.497 e. The molecule has 0 aromatic heterocycles. The minimum atomic E-state index is -3.61. The summed E-state index contributed by atoms with van der Waals surface area (Å²) in [6, 6.07) is 13.1. The number of nitro benzene ring substituents is 1. The quantitative estimate of drug-likeness (QED) is 0.519. The minimum absolute atomic E-state index is 0.106. The van der Waals surface area contributed by atoms with E-state index in [1.807, 2.05) is 12.1 Å². The van der Waals surface area contributed by atoms with Crippen molar-refractivity contribution in [1.29, 1.82) is 0 Å². The number of sulfonamides is 1. The molecule has 0 N–H and O–H groups in total. The summed E-state index contributed by atoms with van der Waals surface area (Å²) in [4.78, 5) is 10.3. The van der Waals surface area contributed by atoms with Crippen molar-refractivity contribution >= 4 is 15.7 Å². The highest BCUT2D eigenvalue weighted by Gasteiger charge is 2.29. The number of methoxy groups -OCH3 is 1. The van der Waals surface area contributed by atoms with Crippen LogP contribution < -0.4 is 4.74 Å². The Balaban J connectivity index is 1.54. The Labute approximate surface area is 165 Å². The lowest BCUT2D eigenvalue weighted by Crippen LogP contribution is -2.38. The van der Waals surface area contributed by atoms with Crippen LogP contribution in [-0.4, -0.2) is 37.8 Å². The fourth-order valence-corrected chi connectivity index (χ4v) is 4.96. The number of piperidine rings is 1. The second kappa shape index (κ2) is 8.70. The van der Waals surface area contributed by atoms with Crippen molar-refractivity contribution in [3.8, 4) is 5.75 Å². The van der Waals surface area contributed by atoms with E-state index in [9.17, 15) is 18.5 Å². The van der Waals surface area contributed by atoms with Crippen molar-refractivity contribution in [2.45, 2.75) is 30.6 Å². The summed E-state index contributed by atoms with van der Waals surface area (Å²) in [5, 5.41) is 10.7. The molecule has 0 saturated carbocycles. The summed E-state index contributed by atoms with van der Waals surface area (Å²) in [6.07, 6.45) is 3.63. The summed E-state index contributed by atoms with van der Waals surface area (Å²) < 4.78 is 32.2. The van der Waals surface area contributed by atoms with Crippen LogP contribution in [0.2, 0.25) is 0 Å². The Kier molecular flexibility index (Phi) is 6.31. The molecule has 1 aliphatic heterocycles. The molecule has 2 aromatic carbocycles. The van der Waals surface area contributed by atoms with Crippen molar-refractivity contribution in [2.24, 2.45) is 5.92 Å². The van der Waals surface area contributed by atoms with E-state index in [-0.39, 0.29) is 10.6 Å². The van der Waals surface area contributed by atoms with Gasteiger partial charge in [-0.3, -0.25) is 10.1 Å². The fraction of sp³-hybridized carbons (Fsp3) is 0.400. The molecule has 1 aliphatic rings. The van der Waals surface area contributed by atoms with Gasteiger partial charge in [0.25, 0.3) is 5.69 Å². The minimum Gasteiger partial charge on any atom is -0.497 e. The van der Waals surface area contributed by atoms with Gasteiger partial charge in [-0.25, -0.2) is 8.42 Å². The van der Waals surface area contributed by atoms with Crippen molar-refractivity contribution in [3.63, 3.8) is 0 Å². The third kappa shape index (κ3) is 4.69. The van der Waals surface area contributed by atoms with Gasteiger partial charge in [-0.1, -0.05) is 12.1 Å². The maximum absolute atomic E-state index is 12.8. The van der Waals surface area contributed by atoms with Crippen LogP contribution >= 0.6 is 0 Å². The molecule has 3 rings (SSSR count). The van der Waals surface area contributed by atoms with Gasteiger partial charge in [-0.2, -0.15) is 4.31 Å². The number of rotatable bonds is 7. The Morgan fingerprint density at radius 2 is 1.68 bits per heavy atom. The van der Waals surface area contributed by atoms with Gasteiger partial charge >= 0.3 is 0 Å². The number of hydrogen-bond donors (Lipinski definition) is 0. The van der Waals surface area contributed by atoms with Gasteiger partial charge in [-0.15, -0.1) is 0 Å². The summed E-state index contributed by atoms with van der Waals surface area (Å²) in [5.41, 5.74) is 1.14. The second-order valence-electron chi connectivity index (χ2n) is 6.99. The van der Waals surface area contributed by atoms with Gasteiger partial charge in [0.2, 0.25) is 10.0 Å². The molecule has 0 unspecified atom stereocenters. The van der Waals surface area contributed by atoms with Crippen LogP contribution in [0.1, 0.15) is 24.8 Å². The van der Waals surface area contributed by atoms with Crippen LogP contribution in [0.15, 0.2) is 53.4 Å². The molecule has 28 heavy (non-hydrogen) atoms. The lowest BCUT2D eigenvalue weighted by Gasteiger charge is -2.31. The van der Waals surface area contributed by atoms with Gasteiger partial charge in [0.05, 0.1) is 16.9 Å². The maximum atomic E-state index is 12.8. The molecule has 0 spiro atoms. The summed E-state index contributed by atoms with van der Waals surface area (Å²) in [5.74, 6) is 1.33. The highest BCUT2D eigenvalue weighted by atomic mass is 32.2. The molecule has 1 heterocycles. The molecular weight excluding hydrogens is 380 g/mol. The lowest BCUT2D eigenvalue weighted by molar-refractivity contribution is -0.384. The van der Waals surface area contributed by atoms with Gasteiger partial charge in [-0.05, 0) is 61.4 Å². The number of nitrogens with zero attached hydrogens (tertiary/aromatic N) is 2. The van der Waals surface area contributed by atoms with Crippen LogP contribution in [0.3, 0.4) is 0 Å². The average Bonchev–Trinajstić information content (AvgIpc) is 2.73. The molecule has 0 bridgehead atoms. The zero-order valence-corrected chi connectivity index (χ0v) is 16.6. The standard InChI is InChI=1S/C20H24N2O5S/c1-27-19-8-4-16(5-9-19)2-3-17-12-14-21(15-13-17)28(25,26)20-10-6-18(7-11-20)22(23)24/h4-11,17H,2-3,12-15H2,1H3. The third-order valence-electron chi connectivity index (χ3n) is 5.26. The Morgan fingerprint density at radius 1 is 1.07 bits per heavy atom. The van der Waals surface area contributed by atoms with Crippen molar-refractivity contribution in [3.05, 3.63) is 64.2 Å². The van der Waals surface area contributed by atoms with E-state index in [0.29, 0.717) is 19.0 Å². The van der Waals surface area contributed by atoms with Crippen molar-refractivity contribution in [1.82, 2.24) is 4.31 Å². The normalized spacial score (nSPS) is 16.0. The Morgan fingerprint density at radius 3 is 2.21 bits per heavy atom. The van der Waals surface area contributed by atoms with Crippen LogP contribution in [-0.2, 0) is 16.4 Å². The lowest BCUT2D eigenvalue weighted by atomic mass is 9.91. The number of aryl methyl sites for hydroxylation is 1. The molecule has 0 aliphatic carbocycles. The average molecular weight is 404 g/mol. The molecule has 2 aromatic rings. The van der Waals surface area contributed by atoms with E-state index in [4.69, 9.17) is 4.74 Å². The molecule has 0 radical (unpaired) electrons. The molecular formula is C20H24N2O5S. The number of nitro groups is 1. The van der Waals surface area contributed by atoms with E-state index in [1.54, 1.807) is 7.11 Å². The molecule has 0 amide bonds. The molecule has 7 nitrogen and oxygen atoms in total. The monoisotopic (exact) mass is 404 g/mol. The van der Waals surface area contributed by atoms with Crippen molar-refractivity contribution in [2.75, 3.05) is 20.2 Å². The highest BCUT2D eigenvalue weighted by molar-refractivity contribution is 7.89. The van der Waals surface area contributed by atoms with E-state index >= 15 is 0 Å². The first-order chi connectivity index (χ1) is 13.4. The zero-order chi connectivity index (χ0) is 20.1.